The number of hydrogen-bond acceptors (Lipinski definition) is 3. The first-order chi connectivity index (χ1) is 6.24. The molecule has 0 aliphatic carbocycles. The summed E-state index contributed by atoms with van der Waals surface area (Å²) in [5.41, 5.74) is 3.27. The molecule has 0 aromatic carbocycles. The number of carboxylic acid groups (broad SMARTS) is 1. The first-order valence-corrected chi connectivity index (χ1v) is 4.95. The molecule has 0 radical (unpaired) electrons. The SMILES string of the molecule is CCCNN1CCC(C(=O)O)CC1. The van der Waals surface area contributed by atoms with E-state index in [0.717, 1.165) is 38.9 Å². The fraction of sp³-hybridized carbons (Fsp3) is 0.889. The van der Waals surface area contributed by atoms with Gasteiger partial charge < -0.3 is 5.11 Å². The molecule has 0 bridgehead atoms. The van der Waals surface area contributed by atoms with Crippen LogP contribution in [0.1, 0.15) is 26.2 Å². The summed E-state index contributed by atoms with van der Waals surface area (Å²) < 4.78 is 0. The molecule has 0 saturated carbocycles. The molecule has 0 aromatic heterocycles. The lowest BCUT2D eigenvalue weighted by molar-refractivity contribution is -0.143. The normalized spacial score (nSPS) is 20.4. The van der Waals surface area contributed by atoms with Gasteiger partial charge in [0, 0.05) is 19.6 Å². The van der Waals surface area contributed by atoms with Crippen LogP contribution in [0.2, 0.25) is 0 Å². The molecule has 0 unspecified atom stereocenters. The van der Waals surface area contributed by atoms with Gasteiger partial charge in [0.25, 0.3) is 0 Å². The number of rotatable bonds is 4. The zero-order chi connectivity index (χ0) is 9.68. The summed E-state index contributed by atoms with van der Waals surface area (Å²) in [5.74, 6) is -0.769. The van der Waals surface area contributed by atoms with Gasteiger partial charge in [-0.3, -0.25) is 10.2 Å². The van der Waals surface area contributed by atoms with Crippen molar-refractivity contribution in [2.75, 3.05) is 19.6 Å². The van der Waals surface area contributed by atoms with E-state index in [1.165, 1.54) is 0 Å². The maximum atomic E-state index is 10.6. The van der Waals surface area contributed by atoms with Gasteiger partial charge in [-0.25, -0.2) is 5.01 Å². The van der Waals surface area contributed by atoms with Crippen LogP contribution in [-0.2, 0) is 4.79 Å². The number of nitrogens with zero attached hydrogens (tertiary/aromatic N) is 1. The molecular weight excluding hydrogens is 168 g/mol. The van der Waals surface area contributed by atoms with Gasteiger partial charge in [0.1, 0.15) is 0 Å². The fourth-order valence-electron chi connectivity index (χ4n) is 1.55. The summed E-state index contributed by atoms with van der Waals surface area (Å²) in [6, 6.07) is 0. The average molecular weight is 186 g/mol. The Morgan fingerprint density at radius 3 is 2.62 bits per heavy atom. The second-order valence-electron chi connectivity index (χ2n) is 3.51. The highest BCUT2D eigenvalue weighted by molar-refractivity contribution is 5.70. The Morgan fingerprint density at radius 2 is 2.15 bits per heavy atom. The Kier molecular flexibility index (Phi) is 4.18. The molecule has 1 saturated heterocycles. The maximum absolute atomic E-state index is 10.6. The van der Waals surface area contributed by atoms with Gasteiger partial charge in [-0.05, 0) is 19.3 Å². The molecule has 1 aliphatic rings. The number of hydrogen-bond donors (Lipinski definition) is 2. The third-order valence-corrected chi connectivity index (χ3v) is 2.43. The first kappa shape index (κ1) is 10.5. The lowest BCUT2D eigenvalue weighted by Crippen LogP contribution is -2.45. The van der Waals surface area contributed by atoms with Crippen LogP contribution in [-0.4, -0.2) is 35.7 Å². The highest BCUT2D eigenvalue weighted by Crippen LogP contribution is 2.15. The van der Waals surface area contributed by atoms with Gasteiger partial charge in [-0.15, -0.1) is 0 Å². The molecule has 2 N–H and O–H groups in total. The van der Waals surface area contributed by atoms with Crippen LogP contribution in [0.25, 0.3) is 0 Å². The van der Waals surface area contributed by atoms with E-state index in [4.69, 9.17) is 5.11 Å². The van der Waals surface area contributed by atoms with Gasteiger partial charge in [0.15, 0.2) is 0 Å². The molecule has 1 rings (SSSR count). The zero-order valence-electron chi connectivity index (χ0n) is 8.12. The summed E-state index contributed by atoms with van der Waals surface area (Å²) in [4.78, 5) is 10.6. The molecule has 1 fully saturated rings. The predicted octanol–water partition coefficient (Wildman–Crippen LogP) is 0.698. The Labute approximate surface area is 78.9 Å². The Morgan fingerprint density at radius 1 is 1.54 bits per heavy atom. The van der Waals surface area contributed by atoms with Crippen molar-refractivity contribution in [2.24, 2.45) is 5.92 Å². The van der Waals surface area contributed by atoms with E-state index < -0.39 is 5.97 Å². The van der Waals surface area contributed by atoms with Crippen molar-refractivity contribution in [1.29, 1.82) is 0 Å². The minimum atomic E-state index is -0.643. The van der Waals surface area contributed by atoms with Crippen molar-refractivity contribution in [3.8, 4) is 0 Å². The molecule has 1 aliphatic heterocycles. The highest BCUT2D eigenvalue weighted by Gasteiger charge is 2.23. The van der Waals surface area contributed by atoms with Crippen molar-refractivity contribution < 1.29 is 9.90 Å². The van der Waals surface area contributed by atoms with Crippen LogP contribution < -0.4 is 5.43 Å². The van der Waals surface area contributed by atoms with Crippen LogP contribution in [0.3, 0.4) is 0 Å². The van der Waals surface area contributed by atoms with Crippen LogP contribution in [0, 0.1) is 5.92 Å². The van der Waals surface area contributed by atoms with Crippen LogP contribution in [0.5, 0.6) is 0 Å². The molecule has 4 nitrogen and oxygen atoms in total. The van der Waals surface area contributed by atoms with Crippen molar-refractivity contribution in [1.82, 2.24) is 10.4 Å². The van der Waals surface area contributed by atoms with Gasteiger partial charge in [0.2, 0.25) is 0 Å². The Bertz CT molecular complexity index is 165. The lowest BCUT2D eigenvalue weighted by Gasteiger charge is -2.30. The van der Waals surface area contributed by atoms with Crippen molar-refractivity contribution in [3.63, 3.8) is 0 Å². The van der Waals surface area contributed by atoms with Gasteiger partial charge >= 0.3 is 5.97 Å². The third-order valence-electron chi connectivity index (χ3n) is 2.43. The zero-order valence-corrected chi connectivity index (χ0v) is 8.12. The van der Waals surface area contributed by atoms with Crippen LogP contribution in [0.4, 0.5) is 0 Å². The van der Waals surface area contributed by atoms with E-state index in [-0.39, 0.29) is 5.92 Å². The standard InChI is InChI=1S/C9H18N2O2/c1-2-5-10-11-6-3-8(4-7-11)9(12)13/h8,10H,2-7H2,1H3,(H,12,13). The first-order valence-electron chi connectivity index (χ1n) is 4.95. The average Bonchev–Trinajstić information content (AvgIpc) is 2.15. The summed E-state index contributed by atoms with van der Waals surface area (Å²) in [5, 5.41) is 10.9. The van der Waals surface area contributed by atoms with Crippen molar-refractivity contribution >= 4 is 5.97 Å². The molecule has 0 amide bonds. The fourth-order valence-corrected chi connectivity index (χ4v) is 1.55. The van der Waals surface area contributed by atoms with Gasteiger partial charge in [-0.2, -0.15) is 0 Å². The molecule has 4 heteroatoms. The molecule has 76 valence electrons. The van der Waals surface area contributed by atoms with Gasteiger partial charge in [-0.1, -0.05) is 6.92 Å². The van der Waals surface area contributed by atoms with E-state index in [1.54, 1.807) is 0 Å². The molecule has 0 aromatic rings. The molecule has 13 heavy (non-hydrogen) atoms. The van der Waals surface area contributed by atoms with E-state index in [1.807, 2.05) is 0 Å². The second kappa shape index (κ2) is 5.19. The number of carbonyl (C=O) groups is 1. The smallest absolute Gasteiger partial charge is 0.306 e. The number of hydrazine groups is 1. The highest BCUT2D eigenvalue weighted by atomic mass is 16.4. The summed E-state index contributed by atoms with van der Waals surface area (Å²) >= 11 is 0. The largest absolute Gasteiger partial charge is 0.481 e. The number of carboxylic acids is 1. The Hall–Kier alpha value is -0.610. The summed E-state index contributed by atoms with van der Waals surface area (Å²) in [7, 11) is 0. The molecule has 0 spiro atoms. The topological polar surface area (TPSA) is 52.6 Å². The van der Waals surface area contributed by atoms with E-state index >= 15 is 0 Å². The van der Waals surface area contributed by atoms with Gasteiger partial charge in [0.05, 0.1) is 5.92 Å². The number of aliphatic carboxylic acids is 1. The van der Waals surface area contributed by atoms with Crippen molar-refractivity contribution in [3.05, 3.63) is 0 Å². The Balaban J connectivity index is 2.18. The monoisotopic (exact) mass is 186 g/mol. The number of nitrogens with one attached hydrogen (secondary N) is 1. The van der Waals surface area contributed by atoms with E-state index in [2.05, 4.69) is 17.4 Å². The molecular formula is C9H18N2O2. The lowest BCUT2D eigenvalue weighted by atomic mass is 9.98. The van der Waals surface area contributed by atoms with E-state index in [0.29, 0.717) is 0 Å². The quantitative estimate of drug-likeness (QED) is 0.678. The van der Waals surface area contributed by atoms with Crippen molar-refractivity contribution in [2.45, 2.75) is 26.2 Å². The maximum Gasteiger partial charge on any atom is 0.306 e. The summed E-state index contributed by atoms with van der Waals surface area (Å²) in [6.45, 7) is 4.82. The number of piperidine rings is 1. The molecule has 1 heterocycles. The van der Waals surface area contributed by atoms with Crippen LogP contribution >= 0.6 is 0 Å². The second-order valence-corrected chi connectivity index (χ2v) is 3.51. The summed E-state index contributed by atoms with van der Waals surface area (Å²) in [6.07, 6.45) is 2.65. The van der Waals surface area contributed by atoms with E-state index in [9.17, 15) is 4.79 Å². The minimum Gasteiger partial charge on any atom is -0.481 e. The predicted molar refractivity (Wildman–Crippen MR) is 50.2 cm³/mol. The molecule has 0 atom stereocenters. The minimum absolute atomic E-state index is 0.125. The third kappa shape index (κ3) is 3.32. The van der Waals surface area contributed by atoms with Crippen LogP contribution in [0.15, 0.2) is 0 Å².